The minimum atomic E-state index is -0.816. The van der Waals surface area contributed by atoms with E-state index in [0.717, 1.165) is 17.7 Å². The number of aromatic nitrogens is 4. The lowest BCUT2D eigenvalue weighted by Gasteiger charge is -2.28. The van der Waals surface area contributed by atoms with Gasteiger partial charge in [0.15, 0.2) is 17.2 Å². The molecule has 34 heavy (non-hydrogen) atoms. The van der Waals surface area contributed by atoms with Crippen molar-refractivity contribution >= 4 is 21.8 Å². The highest BCUT2D eigenvalue weighted by Gasteiger charge is 2.33. The maximum Gasteiger partial charge on any atom is 0.273 e. The second-order valence-corrected chi connectivity index (χ2v) is 8.56. The molecule has 0 spiro atoms. The van der Waals surface area contributed by atoms with Crippen LogP contribution in [0.3, 0.4) is 0 Å². The molecule has 0 bridgehead atoms. The number of nitrogens with one attached hydrogen (secondary N) is 1. The van der Waals surface area contributed by atoms with Gasteiger partial charge in [-0.1, -0.05) is 5.16 Å². The molecule has 3 aromatic heterocycles. The Morgan fingerprint density at radius 2 is 2.06 bits per heavy atom. The lowest BCUT2D eigenvalue weighted by Crippen LogP contribution is -2.40. The molecule has 1 aromatic carbocycles. The summed E-state index contributed by atoms with van der Waals surface area (Å²) in [5.74, 6) is -1.47. The number of amides is 1. The molecular formula is C23H20BrF2N5O3. The fraction of sp³-hybridized carbons (Fsp3) is 0.217. The second kappa shape index (κ2) is 9.34. The molecule has 1 unspecified atom stereocenters. The number of methoxy groups -OCH3 is 1. The Kier molecular flexibility index (Phi) is 6.47. The van der Waals surface area contributed by atoms with Gasteiger partial charge in [-0.3, -0.25) is 9.48 Å². The third-order valence-electron chi connectivity index (χ3n) is 5.48. The van der Waals surface area contributed by atoms with E-state index in [-0.39, 0.29) is 23.6 Å². The topological polar surface area (TPSA) is 95.1 Å². The smallest absolute Gasteiger partial charge is 0.273 e. The van der Waals surface area contributed by atoms with Crippen molar-refractivity contribution in [1.29, 1.82) is 0 Å². The number of pyridine rings is 1. The molecule has 3 heterocycles. The van der Waals surface area contributed by atoms with Crippen LogP contribution in [0, 0.1) is 11.6 Å². The Bertz CT molecular complexity index is 1360. The molecule has 1 amide bonds. The van der Waals surface area contributed by atoms with Gasteiger partial charge in [0.2, 0.25) is 0 Å². The molecule has 0 aliphatic heterocycles. The predicted octanol–water partition coefficient (Wildman–Crippen LogP) is 4.26. The van der Waals surface area contributed by atoms with E-state index >= 15 is 0 Å². The van der Waals surface area contributed by atoms with Crippen molar-refractivity contribution in [1.82, 2.24) is 25.2 Å². The van der Waals surface area contributed by atoms with Gasteiger partial charge in [0.1, 0.15) is 16.2 Å². The Hall–Kier alpha value is -3.60. The van der Waals surface area contributed by atoms with Crippen molar-refractivity contribution in [2.45, 2.75) is 12.3 Å². The Balaban J connectivity index is 1.59. The van der Waals surface area contributed by atoms with Gasteiger partial charge in [-0.25, -0.2) is 13.8 Å². The van der Waals surface area contributed by atoms with Crippen molar-refractivity contribution in [2.24, 2.45) is 7.05 Å². The summed E-state index contributed by atoms with van der Waals surface area (Å²) in [6.07, 6.45) is 3.55. The number of hydrogen-bond donors (Lipinski definition) is 1. The van der Waals surface area contributed by atoms with E-state index in [1.54, 1.807) is 31.1 Å². The summed E-state index contributed by atoms with van der Waals surface area (Å²) >= 11 is 3.41. The summed E-state index contributed by atoms with van der Waals surface area (Å²) in [5.41, 5.74) is 0.697. The molecule has 0 fully saturated rings. The predicted molar refractivity (Wildman–Crippen MR) is 122 cm³/mol. The quantitative estimate of drug-likeness (QED) is 0.358. The number of carbonyl (C=O) groups is 1. The Labute approximate surface area is 202 Å². The van der Waals surface area contributed by atoms with Crippen LogP contribution in [-0.4, -0.2) is 39.5 Å². The van der Waals surface area contributed by atoms with E-state index in [1.807, 2.05) is 19.2 Å². The van der Waals surface area contributed by atoms with Crippen LogP contribution in [0.25, 0.3) is 11.3 Å². The van der Waals surface area contributed by atoms with Crippen LogP contribution in [0.1, 0.15) is 28.7 Å². The SMILES string of the molecule is COc1ccc(C(C)(CNC(=O)c2cc(-c3ccc(F)cc3F)on2)c2cnn(C)c2)nc1Br. The molecule has 8 nitrogen and oxygen atoms in total. The van der Waals surface area contributed by atoms with Crippen LogP contribution in [0.5, 0.6) is 5.75 Å². The van der Waals surface area contributed by atoms with E-state index in [4.69, 9.17) is 9.26 Å². The first-order valence-corrected chi connectivity index (χ1v) is 10.9. The number of rotatable bonds is 7. The van der Waals surface area contributed by atoms with Gasteiger partial charge in [0.25, 0.3) is 5.91 Å². The van der Waals surface area contributed by atoms with Crippen molar-refractivity contribution in [2.75, 3.05) is 13.7 Å². The van der Waals surface area contributed by atoms with Crippen molar-refractivity contribution in [3.63, 3.8) is 0 Å². The normalized spacial score (nSPS) is 12.9. The van der Waals surface area contributed by atoms with Crippen LogP contribution in [-0.2, 0) is 12.5 Å². The lowest BCUT2D eigenvalue weighted by atomic mass is 9.80. The number of hydrogen-bond acceptors (Lipinski definition) is 6. The van der Waals surface area contributed by atoms with Crippen molar-refractivity contribution in [3.8, 4) is 17.1 Å². The largest absolute Gasteiger partial charge is 0.494 e. The van der Waals surface area contributed by atoms with Crippen LogP contribution < -0.4 is 10.1 Å². The Morgan fingerprint density at radius 3 is 2.71 bits per heavy atom. The number of nitrogens with zero attached hydrogens (tertiary/aromatic N) is 4. The highest BCUT2D eigenvalue weighted by Crippen LogP contribution is 2.33. The number of halogens is 3. The summed E-state index contributed by atoms with van der Waals surface area (Å²) in [6, 6.07) is 7.95. The molecule has 1 N–H and O–H groups in total. The molecule has 4 rings (SSSR count). The number of benzene rings is 1. The maximum atomic E-state index is 14.1. The molecule has 0 saturated heterocycles. The first-order chi connectivity index (χ1) is 16.2. The van der Waals surface area contributed by atoms with Gasteiger partial charge in [-0.05, 0) is 47.1 Å². The van der Waals surface area contributed by atoms with E-state index in [0.29, 0.717) is 16.0 Å². The summed E-state index contributed by atoms with van der Waals surface area (Å²) in [5, 5.41) is 10.8. The first-order valence-electron chi connectivity index (χ1n) is 10.1. The third-order valence-corrected chi connectivity index (χ3v) is 6.05. The van der Waals surface area contributed by atoms with Crippen LogP contribution >= 0.6 is 15.9 Å². The van der Waals surface area contributed by atoms with Gasteiger partial charge in [-0.2, -0.15) is 5.10 Å². The third kappa shape index (κ3) is 4.56. The van der Waals surface area contributed by atoms with Gasteiger partial charge in [0, 0.05) is 37.5 Å². The van der Waals surface area contributed by atoms with Gasteiger partial charge in [0.05, 0.1) is 30.0 Å². The summed E-state index contributed by atoms with van der Waals surface area (Å²) in [6.45, 7) is 2.07. The molecular weight excluding hydrogens is 512 g/mol. The number of aryl methyl sites for hydroxylation is 1. The second-order valence-electron chi connectivity index (χ2n) is 7.81. The molecule has 0 radical (unpaired) electrons. The zero-order valence-corrected chi connectivity index (χ0v) is 20.1. The zero-order chi connectivity index (χ0) is 24.5. The van der Waals surface area contributed by atoms with Gasteiger partial charge in [-0.15, -0.1) is 0 Å². The molecule has 4 aromatic rings. The average molecular weight is 532 g/mol. The number of carbonyl (C=O) groups excluding carboxylic acids is 1. The first kappa shape index (κ1) is 23.6. The molecule has 0 saturated carbocycles. The molecule has 176 valence electrons. The van der Waals surface area contributed by atoms with Crippen LogP contribution in [0.15, 0.2) is 57.9 Å². The van der Waals surface area contributed by atoms with Crippen LogP contribution in [0.4, 0.5) is 8.78 Å². The van der Waals surface area contributed by atoms with E-state index in [2.05, 4.69) is 36.5 Å². The maximum absolute atomic E-state index is 14.1. The summed E-state index contributed by atoms with van der Waals surface area (Å²) < 4.78 is 39.8. The monoisotopic (exact) mass is 531 g/mol. The fourth-order valence-electron chi connectivity index (χ4n) is 3.47. The van der Waals surface area contributed by atoms with Gasteiger partial charge >= 0.3 is 0 Å². The highest BCUT2D eigenvalue weighted by molar-refractivity contribution is 9.10. The van der Waals surface area contributed by atoms with E-state index in [1.165, 1.54) is 12.1 Å². The fourth-order valence-corrected chi connectivity index (χ4v) is 3.96. The van der Waals surface area contributed by atoms with Gasteiger partial charge < -0.3 is 14.6 Å². The summed E-state index contributed by atoms with van der Waals surface area (Å²) in [7, 11) is 3.34. The molecule has 0 aliphatic rings. The minimum Gasteiger partial charge on any atom is -0.494 e. The molecule has 11 heteroatoms. The molecule has 0 aliphatic carbocycles. The minimum absolute atomic E-state index is 0.000399. The van der Waals surface area contributed by atoms with Crippen molar-refractivity contribution < 1.29 is 22.8 Å². The highest BCUT2D eigenvalue weighted by atomic mass is 79.9. The average Bonchev–Trinajstić information content (AvgIpc) is 3.47. The Morgan fingerprint density at radius 1 is 1.26 bits per heavy atom. The van der Waals surface area contributed by atoms with Crippen molar-refractivity contribution in [3.05, 3.63) is 82.0 Å². The lowest BCUT2D eigenvalue weighted by molar-refractivity contribution is 0.0938. The van der Waals surface area contributed by atoms with E-state index < -0.39 is 23.0 Å². The standard InChI is InChI=1S/C23H20BrF2N5O3/c1-23(13-10-28-31(2)11-13,20-7-6-18(33-3)21(24)29-20)12-27-22(32)17-9-19(34-30-17)15-5-4-14(25)8-16(15)26/h4-11H,12H2,1-3H3,(H,27,32). The van der Waals surface area contributed by atoms with E-state index in [9.17, 15) is 13.6 Å². The zero-order valence-electron chi connectivity index (χ0n) is 18.5. The molecule has 1 atom stereocenters. The number of ether oxygens (including phenoxy) is 1. The summed E-state index contributed by atoms with van der Waals surface area (Å²) in [4.78, 5) is 17.5. The van der Waals surface area contributed by atoms with Crippen LogP contribution in [0.2, 0.25) is 0 Å².